The first kappa shape index (κ1) is 23.6. The summed E-state index contributed by atoms with van der Waals surface area (Å²) in [5.41, 5.74) is 1.57. The van der Waals surface area contributed by atoms with Crippen LogP contribution >= 0.6 is 11.8 Å². The van der Waals surface area contributed by atoms with Gasteiger partial charge in [0.25, 0.3) is 5.91 Å². The maximum Gasteiger partial charge on any atom is 0.256 e. The van der Waals surface area contributed by atoms with Gasteiger partial charge in [0.15, 0.2) is 0 Å². The number of fused-ring (bicyclic) bond motifs is 3. The summed E-state index contributed by atoms with van der Waals surface area (Å²) in [7, 11) is 0. The lowest BCUT2D eigenvalue weighted by Gasteiger charge is -2.32. The molecular weight excluding hydrogens is 414 g/mol. The van der Waals surface area contributed by atoms with Gasteiger partial charge >= 0.3 is 0 Å². The highest BCUT2D eigenvalue weighted by molar-refractivity contribution is 8.01. The summed E-state index contributed by atoms with van der Waals surface area (Å²) in [6.45, 7) is 11.3. The van der Waals surface area contributed by atoms with Crippen molar-refractivity contribution < 1.29 is 19.5 Å². The quantitative estimate of drug-likeness (QED) is 0.596. The van der Waals surface area contributed by atoms with Gasteiger partial charge in [0.05, 0.1) is 12.6 Å². The minimum Gasteiger partial charge on any atom is -0.394 e. The van der Waals surface area contributed by atoms with Gasteiger partial charge in [-0.1, -0.05) is 45.9 Å². The third kappa shape index (κ3) is 4.32. The van der Waals surface area contributed by atoms with Crippen LogP contribution in [-0.2, 0) is 9.59 Å². The third-order valence-corrected chi connectivity index (χ3v) is 7.66. The molecule has 3 N–H and O–H groups in total. The number of nitrogens with zero attached hydrogens (tertiary/aromatic N) is 1. The van der Waals surface area contributed by atoms with E-state index in [1.54, 1.807) is 22.7 Å². The first-order valence-electron chi connectivity index (χ1n) is 10.8. The number of aliphatic hydroxyl groups is 1. The van der Waals surface area contributed by atoms with Gasteiger partial charge in [-0.25, -0.2) is 0 Å². The Bertz CT molecular complexity index is 870. The Morgan fingerprint density at radius 3 is 2.35 bits per heavy atom. The van der Waals surface area contributed by atoms with E-state index in [0.717, 1.165) is 5.56 Å². The van der Waals surface area contributed by atoms with Crippen molar-refractivity contribution in [1.29, 1.82) is 0 Å². The van der Waals surface area contributed by atoms with Gasteiger partial charge in [0.1, 0.15) is 17.5 Å². The molecule has 4 atom stereocenters. The highest BCUT2D eigenvalue weighted by Crippen LogP contribution is 2.56. The molecule has 0 spiro atoms. The molecule has 0 radical (unpaired) electrons. The fraction of sp³-hybridized carbons (Fsp3) is 0.609. The van der Waals surface area contributed by atoms with Crippen LogP contribution in [-0.4, -0.2) is 57.2 Å². The van der Waals surface area contributed by atoms with Crippen molar-refractivity contribution >= 4 is 29.5 Å². The molecule has 1 unspecified atom stereocenters. The molecule has 31 heavy (non-hydrogen) atoms. The van der Waals surface area contributed by atoms with Crippen LogP contribution < -0.4 is 10.6 Å². The van der Waals surface area contributed by atoms with E-state index in [1.165, 1.54) is 0 Å². The summed E-state index contributed by atoms with van der Waals surface area (Å²) in [6, 6.07) is 5.62. The lowest BCUT2D eigenvalue weighted by atomic mass is 9.97. The first-order chi connectivity index (χ1) is 14.5. The largest absolute Gasteiger partial charge is 0.394 e. The topological polar surface area (TPSA) is 98.7 Å². The summed E-state index contributed by atoms with van der Waals surface area (Å²) in [5, 5.41) is 15.1. The second-order valence-corrected chi connectivity index (χ2v) is 11.3. The molecule has 3 rings (SSSR count). The molecule has 0 aliphatic carbocycles. The average molecular weight is 448 g/mol. The highest BCUT2D eigenvalue weighted by atomic mass is 32.2. The van der Waals surface area contributed by atoms with Gasteiger partial charge in [-0.3, -0.25) is 14.4 Å². The minimum atomic E-state index is -0.764. The number of hydrogen-bond acceptors (Lipinski definition) is 5. The van der Waals surface area contributed by atoms with E-state index in [-0.39, 0.29) is 47.6 Å². The zero-order valence-electron chi connectivity index (χ0n) is 19.0. The summed E-state index contributed by atoms with van der Waals surface area (Å²) in [4.78, 5) is 41.2. The fourth-order valence-electron chi connectivity index (χ4n) is 4.27. The van der Waals surface area contributed by atoms with Crippen molar-refractivity contribution in [1.82, 2.24) is 15.5 Å². The van der Waals surface area contributed by atoms with E-state index in [4.69, 9.17) is 0 Å². The van der Waals surface area contributed by atoms with Crippen LogP contribution in [0.1, 0.15) is 62.8 Å². The molecule has 1 fully saturated rings. The molecule has 2 heterocycles. The summed E-state index contributed by atoms with van der Waals surface area (Å²) < 4.78 is -0.512. The lowest BCUT2D eigenvalue weighted by Crippen LogP contribution is -2.59. The minimum absolute atomic E-state index is 0.0594. The Morgan fingerprint density at radius 2 is 1.77 bits per heavy atom. The molecule has 3 amide bonds. The molecule has 0 bridgehead atoms. The second kappa shape index (κ2) is 8.82. The summed E-state index contributed by atoms with van der Waals surface area (Å²) >= 11 is 1.59. The number of benzene rings is 1. The monoisotopic (exact) mass is 447 g/mol. The van der Waals surface area contributed by atoms with Crippen LogP contribution in [0.25, 0.3) is 0 Å². The van der Waals surface area contributed by atoms with Crippen molar-refractivity contribution in [3.63, 3.8) is 0 Å². The maximum absolute atomic E-state index is 13.5. The number of rotatable bonds is 7. The molecule has 7 nitrogen and oxygen atoms in total. The summed E-state index contributed by atoms with van der Waals surface area (Å²) in [5.74, 6) is -0.907. The number of aliphatic hydroxyl groups excluding tert-OH is 1. The zero-order chi connectivity index (χ0) is 23.1. The van der Waals surface area contributed by atoms with Gasteiger partial charge in [-0.15, -0.1) is 11.8 Å². The number of carbonyl (C=O) groups is 3. The molecule has 2 aliphatic rings. The molecule has 1 aromatic rings. The second-order valence-electron chi connectivity index (χ2n) is 9.55. The van der Waals surface area contributed by atoms with Crippen molar-refractivity contribution in [3.8, 4) is 0 Å². The molecule has 8 heteroatoms. The van der Waals surface area contributed by atoms with Crippen LogP contribution in [0, 0.1) is 11.8 Å². The van der Waals surface area contributed by atoms with Gasteiger partial charge in [0, 0.05) is 10.3 Å². The van der Waals surface area contributed by atoms with Crippen molar-refractivity contribution in [2.75, 3.05) is 6.61 Å². The Hall–Kier alpha value is -2.06. The number of carbonyl (C=O) groups excluding carboxylic acids is 3. The summed E-state index contributed by atoms with van der Waals surface area (Å²) in [6.07, 6.45) is 0. The molecule has 1 saturated heterocycles. The molecule has 0 aromatic heterocycles. The van der Waals surface area contributed by atoms with Gasteiger partial charge < -0.3 is 20.6 Å². The number of hydrogen-bond donors (Lipinski definition) is 3. The van der Waals surface area contributed by atoms with E-state index >= 15 is 0 Å². The number of thioether (sulfide) groups is 1. The molecular formula is C23H33N3O4S. The van der Waals surface area contributed by atoms with Crippen molar-refractivity contribution in [2.45, 2.75) is 69.8 Å². The van der Waals surface area contributed by atoms with Crippen LogP contribution in [0.2, 0.25) is 0 Å². The predicted octanol–water partition coefficient (Wildman–Crippen LogP) is 2.31. The molecule has 1 aromatic carbocycles. The smallest absolute Gasteiger partial charge is 0.256 e. The maximum atomic E-state index is 13.5. The van der Waals surface area contributed by atoms with Gasteiger partial charge in [-0.05, 0) is 37.3 Å². The van der Waals surface area contributed by atoms with Crippen LogP contribution in [0.5, 0.6) is 0 Å². The van der Waals surface area contributed by atoms with Crippen LogP contribution in [0.15, 0.2) is 24.3 Å². The lowest BCUT2D eigenvalue weighted by molar-refractivity contribution is -0.133. The van der Waals surface area contributed by atoms with E-state index in [2.05, 4.69) is 10.6 Å². The fourth-order valence-corrected chi connectivity index (χ4v) is 5.86. The van der Waals surface area contributed by atoms with Gasteiger partial charge in [-0.2, -0.15) is 0 Å². The average Bonchev–Trinajstić information content (AvgIpc) is 3.13. The Labute approximate surface area is 188 Å². The molecule has 170 valence electrons. The van der Waals surface area contributed by atoms with E-state index in [0.29, 0.717) is 5.56 Å². The van der Waals surface area contributed by atoms with Gasteiger partial charge in [0.2, 0.25) is 11.8 Å². The molecule has 2 aliphatic heterocycles. The van der Waals surface area contributed by atoms with E-state index in [1.807, 2.05) is 59.7 Å². The van der Waals surface area contributed by atoms with Crippen molar-refractivity contribution in [3.05, 3.63) is 35.4 Å². The predicted molar refractivity (Wildman–Crippen MR) is 121 cm³/mol. The first-order valence-corrected chi connectivity index (χ1v) is 11.7. The Kier molecular flexibility index (Phi) is 6.72. The Morgan fingerprint density at radius 1 is 1.13 bits per heavy atom. The normalized spacial score (nSPS) is 23.5. The zero-order valence-corrected chi connectivity index (χ0v) is 19.8. The SMILES string of the molecule is CC(C)[C@H](NC(=O)[C@H]1N2C(=O)c3ccccc3C2SC1(C)C)C(=O)N[C@H](CO)C(C)C. The third-order valence-electron chi connectivity index (χ3n) is 6.12. The van der Waals surface area contributed by atoms with E-state index < -0.39 is 16.8 Å². The van der Waals surface area contributed by atoms with Crippen molar-refractivity contribution in [2.24, 2.45) is 11.8 Å². The van der Waals surface area contributed by atoms with Crippen LogP contribution in [0.3, 0.4) is 0 Å². The molecule has 0 saturated carbocycles. The number of amides is 3. The van der Waals surface area contributed by atoms with E-state index in [9.17, 15) is 19.5 Å². The standard InChI is InChI=1S/C23H33N3O4S/c1-12(2)16(11-27)24-19(28)17(13(3)4)25-20(29)18-23(5,6)31-22-15-10-8-7-9-14(15)21(30)26(18)22/h7-10,12-13,16-18,22,27H,11H2,1-6H3,(H,24,28)(H,25,29)/t16-,17+,18-,22?/m1/s1. The van der Waals surface area contributed by atoms with Crippen LogP contribution in [0.4, 0.5) is 0 Å². The Balaban J connectivity index is 1.82. The highest BCUT2D eigenvalue weighted by Gasteiger charge is 2.57. The number of nitrogens with one attached hydrogen (secondary N) is 2.